The van der Waals surface area contributed by atoms with Crippen LogP contribution in [0.5, 0.6) is 0 Å². The highest BCUT2D eigenvalue weighted by atomic mass is 32.1. The molecule has 0 unspecified atom stereocenters. The van der Waals surface area contributed by atoms with Crippen LogP contribution in [0.3, 0.4) is 0 Å². The SMILES string of the molecule is Cc1nc(CO)c(-c2cccc(F)c2)s1. The second-order valence-electron chi connectivity index (χ2n) is 3.18. The third-order valence-corrected chi connectivity index (χ3v) is 3.10. The van der Waals surface area contributed by atoms with E-state index in [2.05, 4.69) is 4.98 Å². The van der Waals surface area contributed by atoms with Crippen LogP contribution in [0, 0.1) is 12.7 Å². The van der Waals surface area contributed by atoms with Crippen LogP contribution in [0.1, 0.15) is 10.7 Å². The van der Waals surface area contributed by atoms with Gasteiger partial charge in [-0.05, 0) is 24.6 Å². The van der Waals surface area contributed by atoms with E-state index in [1.807, 2.05) is 13.0 Å². The minimum atomic E-state index is -0.276. The summed E-state index contributed by atoms with van der Waals surface area (Å²) < 4.78 is 13.0. The average Bonchev–Trinajstić information content (AvgIpc) is 2.59. The Morgan fingerprint density at radius 3 is 2.93 bits per heavy atom. The summed E-state index contributed by atoms with van der Waals surface area (Å²) in [5, 5.41) is 9.99. The molecule has 1 aromatic carbocycles. The molecule has 0 bridgehead atoms. The van der Waals surface area contributed by atoms with E-state index in [4.69, 9.17) is 5.11 Å². The van der Waals surface area contributed by atoms with E-state index in [0.29, 0.717) is 5.69 Å². The Kier molecular flexibility index (Phi) is 2.79. The van der Waals surface area contributed by atoms with E-state index in [-0.39, 0.29) is 12.4 Å². The van der Waals surface area contributed by atoms with Crippen LogP contribution in [0.15, 0.2) is 24.3 Å². The lowest BCUT2D eigenvalue weighted by Gasteiger charge is -1.99. The van der Waals surface area contributed by atoms with Crippen molar-refractivity contribution in [2.24, 2.45) is 0 Å². The standard InChI is InChI=1S/C11H10FNOS/c1-7-13-10(6-14)11(15-7)8-3-2-4-9(12)5-8/h2-5,14H,6H2,1H3. The fourth-order valence-electron chi connectivity index (χ4n) is 1.43. The Hall–Kier alpha value is -1.26. The molecule has 0 radical (unpaired) electrons. The number of nitrogens with zero attached hydrogens (tertiary/aromatic N) is 1. The van der Waals surface area contributed by atoms with Crippen LogP contribution < -0.4 is 0 Å². The van der Waals surface area contributed by atoms with E-state index in [1.54, 1.807) is 6.07 Å². The molecule has 0 saturated heterocycles. The molecule has 15 heavy (non-hydrogen) atoms. The van der Waals surface area contributed by atoms with Gasteiger partial charge >= 0.3 is 0 Å². The number of halogens is 1. The van der Waals surface area contributed by atoms with Gasteiger partial charge in [-0.1, -0.05) is 12.1 Å². The van der Waals surface area contributed by atoms with E-state index in [9.17, 15) is 4.39 Å². The Balaban J connectivity index is 2.53. The van der Waals surface area contributed by atoms with Gasteiger partial charge in [-0.3, -0.25) is 0 Å². The first-order valence-electron chi connectivity index (χ1n) is 4.54. The van der Waals surface area contributed by atoms with Crippen LogP contribution in [-0.4, -0.2) is 10.1 Å². The van der Waals surface area contributed by atoms with Crippen LogP contribution in [-0.2, 0) is 6.61 Å². The number of aryl methyl sites for hydroxylation is 1. The molecule has 2 nitrogen and oxygen atoms in total. The third kappa shape index (κ3) is 2.06. The van der Waals surface area contributed by atoms with Crippen molar-refractivity contribution in [2.75, 3.05) is 0 Å². The zero-order valence-corrected chi connectivity index (χ0v) is 9.01. The number of aliphatic hydroxyl groups excluding tert-OH is 1. The van der Waals surface area contributed by atoms with Gasteiger partial charge in [0.25, 0.3) is 0 Å². The van der Waals surface area contributed by atoms with Gasteiger partial charge in [-0.15, -0.1) is 11.3 Å². The smallest absolute Gasteiger partial charge is 0.123 e. The molecule has 0 aliphatic carbocycles. The Labute approximate surface area is 91.0 Å². The fourth-order valence-corrected chi connectivity index (χ4v) is 2.36. The second kappa shape index (κ2) is 4.08. The molecule has 1 heterocycles. The molecule has 0 amide bonds. The summed E-state index contributed by atoms with van der Waals surface area (Å²) in [6.45, 7) is 1.75. The van der Waals surface area contributed by atoms with Crippen LogP contribution in [0.2, 0.25) is 0 Å². The van der Waals surface area contributed by atoms with Gasteiger partial charge in [-0.2, -0.15) is 0 Å². The molecule has 0 aliphatic rings. The molecule has 78 valence electrons. The Morgan fingerprint density at radius 2 is 2.27 bits per heavy atom. The van der Waals surface area contributed by atoms with E-state index < -0.39 is 0 Å². The predicted octanol–water partition coefficient (Wildman–Crippen LogP) is 2.75. The topological polar surface area (TPSA) is 33.1 Å². The number of hydrogen-bond donors (Lipinski definition) is 1. The van der Waals surface area contributed by atoms with Crippen LogP contribution in [0.25, 0.3) is 10.4 Å². The molecular formula is C11H10FNOS. The van der Waals surface area contributed by atoms with Crippen molar-refractivity contribution in [1.82, 2.24) is 4.98 Å². The molecule has 0 fully saturated rings. The maximum absolute atomic E-state index is 13.0. The van der Waals surface area contributed by atoms with Crippen molar-refractivity contribution in [3.63, 3.8) is 0 Å². The first-order valence-corrected chi connectivity index (χ1v) is 5.35. The summed E-state index contributed by atoms with van der Waals surface area (Å²) in [6.07, 6.45) is 0. The van der Waals surface area contributed by atoms with E-state index >= 15 is 0 Å². The number of aromatic nitrogens is 1. The minimum absolute atomic E-state index is 0.115. The first-order chi connectivity index (χ1) is 7.20. The van der Waals surface area contributed by atoms with Crippen molar-refractivity contribution >= 4 is 11.3 Å². The summed E-state index contributed by atoms with van der Waals surface area (Å²) in [7, 11) is 0. The first kappa shape index (κ1) is 10.3. The Morgan fingerprint density at radius 1 is 1.47 bits per heavy atom. The number of hydrogen-bond acceptors (Lipinski definition) is 3. The maximum atomic E-state index is 13.0. The number of aliphatic hydroxyl groups is 1. The quantitative estimate of drug-likeness (QED) is 0.849. The second-order valence-corrected chi connectivity index (χ2v) is 4.38. The summed E-state index contributed by atoms with van der Waals surface area (Å²) in [5.74, 6) is -0.276. The van der Waals surface area contributed by atoms with Crippen molar-refractivity contribution in [3.05, 3.63) is 40.8 Å². The molecule has 2 aromatic rings. The molecule has 2 rings (SSSR count). The molecule has 4 heteroatoms. The normalized spacial score (nSPS) is 10.6. The van der Waals surface area contributed by atoms with Crippen LogP contribution >= 0.6 is 11.3 Å². The van der Waals surface area contributed by atoms with E-state index in [0.717, 1.165) is 15.4 Å². The van der Waals surface area contributed by atoms with Crippen molar-refractivity contribution in [1.29, 1.82) is 0 Å². The molecule has 0 atom stereocenters. The van der Waals surface area contributed by atoms with Crippen molar-refractivity contribution in [3.8, 4) is 10.4 Å². The monoisotopic (exact) mass is 223 g/mol. The predicted molar refractivity (Wildman–Crippen MR) is 58.2 cm³/mol. The third-order valence-electron chi connectivity index (χ3n) is 2.04. The maximum Gasteiger partial charge on any atom is 0.123 e. The largest absolute Gasteiger partial charge is 0.390 e. The summed E-state index contributed by atoms with van der Waals surface area (Å²) in [6, 6.07) is 6.32. The van der Waals surface area contributed by atoms with Gasteiger partial charge < -0.3 is 5.11 Å². The van der Waals surface area contributed by atoms with Crippen LogP contribution in [0.4, 0.5) is 4.39 Å². The number of benzene rings is 1. The zero-order valence-electron chi connectivity index (χ0n) is 8.20. The van der Waals surface area contributed by atoms with Gasteiger partial charge in [0.1, 0.15) is 5.82 Å². The molecule has 0 saturated carbocycles. The fraction of sp³-hybridized carbons (Fsp3) is 0.182. The van der Waals surface area contributed by atoms with Gasteiger partial charge in [0.05, 0.1) is 22.2 Å². The molecule has 1 aromatic heterocycles. The van der Waals surface area contributed by atoms with Gasteiger partial charge in [0.15, 0.2) is 0 Å². The van der Waals surface area contributed by atoms with Crippen molar-refractivity contribution < 1.29 is 9.50 Å². The lowest BCUT2D eigenvalue weighted by Crippen LogP contribution is -1.87. The average molecular weight is 223 g/mol. The zero-order chi connectivity index (χ0) is 10.8. The summed E-state index contributed by atoms with van der Waals surface area (Å²) in [5.41, 5.74) is 1.38. The van der Waals surface area contributed by atoms with Gasteiger partial charge in [0, 0.05) is 0 Å². The lowest BCUT2D eigenvalue weighted by molar-refractivity contribution is 0.278. The molecular weight excluding hydrogens is 213 g/mol. The summed E-state index contributed by atoms with van der Waals surface area (Å²) >= 11 is 1.46. The molecule has 1 N–H and O–H groups in total. The van der Waals surface area contributed by atoms with E-state index in [1.165, 1.54) is 23.5 Å². The highest BCUT2D eigenvalue weighted by Gasteiger charge is 2.10. The van der Waals surface area contributed by atoms with Gasteiger partial charge in [-0.25, -0.2) is 9.37 Å². The summed E-state index contributed by atoms with van der Waals surface area (Å²) in [4.78, 5) is 5.02. The van der Waals surface area contributed by atoms with Crippen molar-refractivity contribution in [2.45, 2.75) is 13.5 Å². The lowest BCUT2D eigenvalue weighted by atomic mass is 10.1. The highest BCUT2D eigenvalue weighted by molar-refractivity contribution is 7.15. The molecule has 0 aliphatic heterocycles. The number of rotatable bonds is 2. The Bertz CT molecular complexity index is 481. The minimum Gasteiger partial charge on any atom is -0.390 e. The highest BCUT2D eigenvalue weighted by Crippen LogP contribution is 2.30. The van der Waals surface area contributed by atoms with Gasteiger partial charge in [0.2, 0.25) is 0 Å². The molecule has 0 spiro atoms. The number of thiazole rings is 1.